The average Bonchev–Trinajstić information content (AvgIpc) is 2.23. The summed E-state index contributed by atoms with van der Waals surface area (Å²) in [6, 6.07) is 0.922. The summed E-state index contributed by atoms with van der Waals surface area (Å²) in [6.07, 6.45) is 8.67. The van der Waals surface area contributed by atoms with Gasteiger partial charge in [-0.1, -0.05) is 42.1 Å². The molecule has 1 aliphatic heterocycles. The van der Waals surface area contributed by atoms with Crippen molar-refractivity contribution in [1.82, 2.24) is 4.90 Å². The number of piperidine rings is 1. The second-order valence-corrected chi connectivity index (χ2v) is 6.24. The largest absolute Gasteiger partial charge is 0.300 e. The molecule has 0 N–H and O–H groups in total. The van der Waals surface area contributed by atoms with Crippen LogP contribution in [0, 0.1) is 5.92 Å². The van der Waals surface area contributed by atoms with Crippen molar-refractivity contribution in [2.75, 3.05) is 13.1 Å². The quantitative estimate of drug-likeness (QED) is 0.653. The zero-order chi connectivity index (χ0) is 9.97. The van der Waals surface area contributed by atoms with E-state index >= 15 is 0 Å². The fraction of sp³-hybridized carbons (Fsp3) is 1.00. The van der Waals surface area contributed by atoms with E-state index in [1.54, 1.807) is 0 Å². The molecule has 2 rings (SSSR count). The molecular formula is C12H22BrN. The fourth-order valence-corrected chi connectivity index (χ4v) is 3.30. The van der Waals surface area contributed by atoms with Crippen LogP contribution in [-0.4, -0.2) is 28.9 Å². The molecule has 1 saturated carbocycles. The van der Waals surface area contributed by atoms with E-state index < -0.39 is 0 Å². The van der Waals surface area contributed by atoms with Gasteiger partial charge in [0.15, 0.2) is 0 Å². The lowest BCUT2D eigenvalue weighted by atomic mass is 9.91. The van der Waals surface area contributed by atoms with E-state index in [9.17, 15) is 0 Å². The van der Waals surface area contributed by atoms with Crippen LogP contribution < -0.4 is 0 Å². The van der Waals surface area contributed by atoms with E-state index in [1.807, 2.05) is 0 Å². The van der Waals surface area contributed by atoms with Crippen LogP contribution in [-0.2, 0) is 0 Å². The van der Waals surface area contributed by atoms with Gasteiger partial charge in [-0.3, -0.25) is 0 Å². The summed E-state index contributed by atoms with van der Waals surface area (Å²) in [5.41, 5.74) is 0. The Kier molecular flexibility index (Phi) is 3.89. The Labute approximate surface area is 96.4 Å². The molecule has 0 bridgehead atoms. The van der Waals surface area contributed by atoms with Gasteiger partial charge in [0.1, 0.15) is 0 Å². The minimum Gasteiger partial charge on any atom is -0.300 e. The number of nitrogens with zero attached hydrogens (tertiary/aromatic N) is 1. The molecule has 1 saturated heterocycles. The van der Waals surface area contributed by atoms with E-state index in [2.05, 4.69) is 27.8 Å². The molecule has 2 atom stereocenters. The van der Waals surface area contributed by atoms with Crippen molar-refractivity contribution in [1.29, 1.82) is 0 Å². The molecule has 2 heteroatoms. The predicted octanol–water partition coefficient (Wildman–Crippen LogP) is 3.42. The SMILES string of the molecule is CC1CN(C2CCCCC2)CCC1Br. The van der Waals surface area contributed by atoms with Gasteiger partial charge in [-0.25, -0.2) is 0 Å². The summed E-state index contributed by atoms with van der Waals surface area (Å²) in [5.74, 6) is 0.839. The van der Waals surface area contributed by atoms with E-state index in [0.717, 1.165) is 16.8 Å². The highest BCUT2D eigenvalue weighted by molar-refractivity contribution is 9.09. The van der Waals surface area contributed by atoms with E-state index in [4.69, 9.17) is 0 Å². The number of rotatable bonds is 1. The van der Waals surface area contributed by atoms with E-state index in [0.29, 0.717) is 0 Å². The third-order valence-corrected chi connectivity index (χ3v) is 5.28. The second kappa shape index (κ2) is 4.98. The lowest BCUT2D eigenvalue weighted by Gasteiger charge is -2.41. The first-order valence-corrected chi connectivity index (χ1v) is 7.07. The van der Waals surface area contributed by atoms with Gasteiger partial charge in [-0.2, -0.15) is 0 Å². The number of hydrogen-bond donors (Lipinski definition) is 0. The van der Waals surface area contributed by atoms with Gasteiger partial charge < -0.3 is 4.90 Å². The molecule has 0 spiro atoms. The minimum absolute atomic E-state index is 0.766. The standard InChI is InChI=1S/C12H22BrN/c1-10-9-14(8-7-12(10)13)11-5-3-2-4-6-11/h10-12H,2-9H2,1H3. The zero-order valence-corrected chi connectivity index (χ0v) is 10.8. The Balaban J connectivity index is 1.85. The van der Waals surface area contributed by atoms with Gasteiger partial charge in [0.05, 0.1) is 0 Å². The molecule has 0 aromatic carbocycles. The summed E-state index contributed by atoms with van der Waals surface area (Å²) in [4.78, 5) is 3.52. The normalized spacial score (nSPS) is 37.3. The third kappa shape index (κ3) is 2.52. The Bertz CT molecular complexity index is 177. The molecule has 2 fully saturated rings. The topological polar surface area (TPSA) is 3.24 Å². The van der Waals surface area contributed by atoms with Crippen molar-refractivity contribution in [2.45, 2.75) is 56.3 Å². The van der Waals surface area contributed by atoms with Crippen LogP contribution in [0.5, 0.6) is 0 Å². The molecular weight excluding hydrogens is 238 g/mol. The highest BCUT2D eigenvalue weighted by atomic mass is 79.9. The first-order chi connectivity index (χ1) is 6.77. The maximum Gasteiger partial charge on any atom is 0.0195 e. The van der Waals surface area contributed by atoms with Crippen molar-refractivity contribution < 1.29 is 0 Å². The molecule has 0 aromatic rings. The highest BCUT2D eigenvalue weighted by Crippen LogP contribution is 2.29. The van der Waals surface area contributed by atoms with Crippen LogP contribution in [0.15, 0.2) is 0 Å². The molecule has 1 heterocycles. The maximum absolute atomic E-state index is 3.78. The van der Waals surface area contributed by atoms with Crippen molar-refractivity contribution in [3.8, 4) is 0 Å². The number of likely N-dealkylation sites (tertiary alicyclic amines) is 1. The Hall–Kier alpha value is 0.440. The molecule has 2 unspecified atom stereocenters. The summed E-state index contributed by atoms with van der Waals surface area (Å²) < 4.78 is 0. The van der Waals surface area contributed by atoms with Crippen LogP contribution >= 0.6 is 15.9 Å². The molecule has 1 aliphatic carbocycles. The first-order valence-electron chi connectivity index (χ1n) is 6.15. The first kappa shape index (κ1) is 10.9. The molecule has 0 radical (unpaired) electrons. The van der Waals surface area contributed by atoms with Crippen LogP contribution in [0.1, 0.15) is 45.4 Å². The van der Waals surface area contributed by atoms with Gasteiger partial charge >= 0.3 is 0 Å². The third-order valence-electron chi connectivity index (χ3n) is 3.92. The maximum atomic E-state index is 3.78. The van der Waals surface area contributed by atoms with E-state index in [1.165, 1.54) is 51.6 Å². The van der Waals surface area contributed by atoms with Crippen LogP contribution in [0.3, 0.4) is 0 Å². The molecule has 0 amide bonds. The number of hydrogen-bond acceptors (Lipinski definition) is 1. The van der Waals surface area contributed by atoms with Crippen molar-refractivity contribution in [2.24, 2.45) is 5.92 Å². The number of alkyl halides is 1. The monoisotopic (exact) mass is 259 g/mol. The Morgan fingerprint density at radius 3 is 2.43 bits per heavy atom. The van der Waals surface area contributed by atoms with Gasteiger partial charge in [-0.15, -0.1) is 0 Å². The smallest absolute Gasteiger partial charge is 0.0195 e. The summed E-state index contributed by atoms with van der Waals surface area (Å²) in [5, 5.41) is 0. The lowest BCUT2D eigenvalue weighted by molar-refractivity contribution is 0.108. The van der Waals surface area contributed by atoms with Gasteiger partial charge in [0, 0.05) is 17.4 Å². The molecule has 2 aliphatic rings. The number of halogens is 1. The second-order valence-electron chi connectivity index (χ2n) is 5.07. The summed E-state index contributed by atoms with van der Waals surface area (Å²) in [6.45, 7) is 5.03. The zero-order valence-electron chi connectivity index (χ0n) is 9.21. The van der Waals surface area contributed by atoms with Gasteiger partial charge in [0.2, 0.25) is 0 Å². The van der Waals surface area contributed by atoms with E-state index in [-0.39, 0.29) is 0 Å². The molecule has 82 valence electrons. The van der Waals surface area contributed by atoms with Gasteiger partial charge in [0.25, 0.3) is 0 Å². The average molecular weight is 260 g/mol. The lowest BCUT2D eigenvalue weighted by Crippen LogP contribution is -2.46. The summed E-state index contributed by atoms with van der Waals surface area (Å²) in [7, 11) is 0. The molecule has 1 nitrogen and oxygen atoms in total. The Morgan fingerprint density at radius 2 is 1.79 bits per heavy atom. The van der Waals surface area contributed by atoms with Crippen molar-refractivity contribution in [3.05, 3.63) is 0 Å². The van der Waals surface area contributed by atoms with Crippen molar-refractivity contribution in [3.63, 3.8) is 0 Å². The molecule has 0 aromatic heterocycles. The Morgan fingerprint density at radius 1 is 1.07 bits per heavy atom. The van der Waals surface area contributed by atoms with Crippen LogP contribution in [0.2, 0.25) is 0 Å². The predicted molar refractivity (Wildman–Crippen MR) is 64.9 cm³/mol. The highest BCUT2D eigenvalue weighted by Gasteiger charge is 2.28. The van der Waals surface area contributed by atoms with Crippen LogP contribution in [0.4, 0.5) is 0 Å². The van der Waals surface area contributed by atoms with Gasteiger partial charge in [-0.05, 0) is 31.7 Å². The van der Waals surface area contributed by atoms with Crippen LogP contribution in [0.25, 0.3) is 0 Å². The van der Waals surface area contributed by atoms with Crippen molar-refractivity contribution >= 4 is 15.9 Å². The minimum atomic E-state index is 0.766. The molecule has 14 heavy (non-hydrogen) atoms. The fourth-order valence-electron chi connectivity index (χ4n) is 2.93. The summed E-state index contributed by atoms with van der Waals surface area (Å²) >= 11 is 3.78.